The van der Waals surface area contributed by atoms with Crippen LogP contribution in [0.2, 0.25) is 0 Å². The highest BCUT2D eigenvalue weighted by Crippen LogP contribution is 2.24. The van der Waals surface area contributed by atoms with Gasteiger partial charge in [0.1, 0.15) is 5.01 Å². The lowest BCUT2D eigenvalue weighted by Crippen LogP contribution is -2.21. The molecule has 2 rings (SSSR count). The van der Waals surface area contributed by atoms with Crippen molar-refractivity contribution >= 4 is 11.3 Å². The van der Waals surface area contributed by atoms with Crippen LogP contribution in [0.3, 0.4) is 0 Å². The minimum absolute atomic E-state index is 0.488. The van der Waals surface area contributed by atoms with Crippen LogP contribution in [-0.4, -0.2) is 20.8 Å². The summed E-state index contributed by atoms with van der Waals surface area (Å²) in [5, 5.41) is 10.9. The molecular weight excluding hydrogens is 232 g/mol. The van der Waals surface area contributed by atoms with Crippen molar-refractivity contribution in [1.82, 2.24) is 20.1 Å². The predicted molar refractivity (Wildman–Crippen MR) is 71.0 cm³/mol. The van der Waals surface area contributed by atoms with Gasteiger partial charge in [-0.15, -0.1) is 11.3 Å². The van der Waals surface area contributed by atoms with E-state index in [0.29, 0.717) is 6.04 Å². The van der Waals surface area contributed by atoms with Crippen molar-refractivity contribution in [3.63, 3.8) is 0 Å². The van der Waals surface area contributed by atoms with E-state index in [1.807, 2.05) is 24.9 Å². The van der Waals surface area contributed by atoms with Crippen molar-refractivity contribution in [2.45, 2.75) is 33.4 Å². The highest BCUT2D eigenvalue weighted by atomic mass is 32.1. The van der Waals surface area contributed by atoms with Gasteiger partial charge < -0.3 is 5.32 Å². The molecule has 0 unspecified atom stereocenters. The zero-order chi connectivity index (χ0) is 12.4. The molecule has 4 nitrogen and oxygen atoms in total. The summed E-state index contributed by atoms with van der Waals surface area (Å²) in [7, 11) is 1.93. The van der Waals surface area contributed by atoms with Crippen molar-refractivity contribution in [3.8, 4) is 11.3 Å². The molecule has 2 aromatic rings. The molecule has 1 N–H and O–H groups in total. The summed E-state index contributed by atoms with van der Waals surface area (Å²) in [5.74, 6) is 0. The number of hydrogen-bond acceptors (Lipinski definition) is 4. The van der Waals surface area contributed by atoms with Crippen LogP contribution in [0.15, 0.2) is 11.6 Å². The Labute approximate surface area is 106 Å². The minimum Gasteiger partial charge on any atom is -0.308 e. The zero-order valence-corrected chi connectivity index (χ0v) is 11.5. The Morgan fingerprint density at radius 2 is 2.24 bits per heavy atom. The first-order valence-corrected chi connectivity index (χ1v) is 6.62. The van der Waals surface area contributed by atoms with Crippen molar-refractivity contribution < 1.29 is 0 Å². The quantitative estimate of drug-likeness (QED) is 0.905. The summed E-state index contributed by atoms with van der Waals surface area (Å²) < 4.78 is 1.83. The molecule has 0 aromatic carbocycles. The SMILES string of the molecule is Cc1nn(C)cc1-c1csc(CNC(C)C)n1. The average molecular weight is 250 g/mol. The lowest BCUT2D eigenvalue weighted by atomic mass is 10.2. The van der Waals surface area contributed by atoms with Gasteiger partial charge >= 0.3 is 0 Å². The maximum Gasteiger partial charge on any atom is 0.107 e. The van der Waals surface area contributed by atoms with Crippen LogP contribution in [0.1, 0.15) is 24.5 Å². The fourth-order valence-electron chi connectivity index (χ4n) is 1.66. The van der Waals surface area contributed by atoms with Crippen LogP contribution in [-0.2, 0) is 13.6 Å². The third-order valence-electron chi connectivity index (χ3n) is 2.50. The number of aryl methyl sites for hydroxylation is 2. The molecule has 0 spiro atoms. The molecule has 0 amide bonds. The molecule has 2 aromatic heterocycles. The predicted octanol–water partition coefficient (Wildman–Crippen LogP) is 2.35. The van der Waals surface area contributed by atoms with E-state index in [1.54, 1.807) is 11.3 Å². The van der Waals surface area contributed by atoms with Gasteiger partial charge in [-0.25, -0.2) is 4.98 Å². The Balaban J connectivity index is 2.15. The Hall–Kier alpha value is -1.20. The molecule has 92 valence electrons. The molecule has 0 aliphatic heterocycles. The molecule has 0 aliphatic carbocycles. The summed E-state index contributed by atoms with van der Waals surface area (Å²) in [6.07, 6.45) is 2.02. The molecule has 0 saturated carbocycles. The standard InChI is InChI=1S/C12H18N4S/c1-8(2)13-5-12-14-11(7-17-12)10-6-16(4)15-9(10)3/h6-8,13H,5H2,1-4H3. The number of thiazole rings is 1. The van der Waals surface area contributed by atoms with E-state index < -0.39 is 0 Å². The second kappa shape index (κ2) is 4.98. The van der Waals surface area contributed by atoms with Crippen LogP contribution < -0.4 is 5.32 Å². The Bertz CT molecular complexity index is 498. The van der Waals surface area contributed by atoms with Crippen LogP contribution in [0, 0.1) is 6.92 Å². The number of nitrogens with one attached hydrogen (secondary N) is 1. The first kappa shape index (κ1) is 12.3. The van der Waals surface area contributed by atoms with Crippen LogP contribution in [0.4, 0.5) is 0 Å². The molecule has 0 fully saturated rings. The van der Waals surface area contributed by atoms with E-state index in [9.17, 15) is 0 Å². The van der Waals surface area contributed by atoms with Gasteiger partial charge in [0, 0.05) is 36.8 Å². The molecule has 2 heterocycles. The maximum atomic E-state index is 4.63. The molecule has 0 aliphatic rings. The Kier molecular flexibility index (Phi) is 3.59. The molecule has 0 atom stereocenters. The average Bonchev–Trinajstić information content (AvgIpc) is 2.82. The van der Waals surface area contributed by atoms with Gasteiger partial charge in [-0.2, -0.15) is 5.10 Å². The first-order valence-electron chi connectivity index (χ1n) is 5.74. The number of aromatic nitrogens is 3. The normalized spacial score (nSPS) is 11.4. The van der Waals surface area contributed by atoms with Gasteiger partial charge in [0.2, 0.25) is 0 Å². The topological polar surface area (TPSA) is 42.7 Å². The molecular formula is C12H18N4S. The van der Waals surface area contributed by atoms with E-state index in [-0.39, 0.29) is 0 Å². The number of rotatable bonds is 4. The van der Waals surface area contributed by atoms with E-state index >= 15 is 0 Å². The largest absolute Gasteiger partial charge is 0.308 e. The zero-order valence-electron chi connectivity index (χ0n) is 10.7. The third-order valence-corrected chi connectivity index (χ3v) is 3.35. The van der Waals surface area contributed by atoms with Gasteiger partial charge in [0.15, 0.2) is 0 Å². The summed E-state index contributed by atoms with van der Waals surface area (Å²) in [6.45, 7) is 7.13. The fraction of sp³-hybridized carbons (Fsp3) is 0.500. The third kappa shape index (κ3) is 2.92. The maximum absolute atomic E-state index is 4.63. The second-order valence-electron chi connectivity index (χ2n) is 4.46. The van der Waals surface area contributed by atoms with Crippen LogP contribution in [0.5, 0.6) is 0 Å². The van der Waals surface area contributed by atoms with Gasteiger partial charge in [-0.3, -0.25) is 4.68 Å². The summed E-state index contributed by atoms with van der Waals surface area (Å²) >= 11 is 1.69. The van der Waals surface area contributed by atoms with Crippen LogP contribution in [0.25, 0.3) is 11.3 Å². The van der Waals surface area contributed by atoms with E-state index in [4.69, 9.17) is 0 Å². The van der Waals surface area contributed by atoms with E-state index in [1.165, 1.54) is 0 Å². The monoisotopic (exact) mass is 250 g/mol. The Morgan fingerprint density at radius 3 is 2.82 bits per heavy atom. The van der Waals surface area contributed by atoms with Crippen molar-refractivity contribution in [1.29, 1.82) is 0 Å². The highest BCUT2D eigenvalue weighted by molar-refractivity contribution is 7.09. The lowest BCUT2D eigenvalue weighted by molar-refractivity contribution is 0.587. The summed E-state index contributed by atoms with van der Waals surface area (Å²) in [5.41, 5.74) is 3.18. The number of hydrogen-bond donors (Lipinski definition) is 1. The second-order valence-corrected chi connectivity index (χ2v) is 5.41. The van der Waals surface area contributed by atoms with Crippen molar-refractivity contribution in [2.75, 3.05) is 0 Å². The first-order chi connectivity index (χ1) is 8.06. The summed E-state index contributed by atoms with van der Waals surface area (Å²) in [6, 6.07) is 0.488. The van der Waals surface area contributed by atoms with E-state index in [0.717, 1.165) is 28.5 Å². The molecule has 5 heteroatoms. The minimum atomic E-state index is 0.488. The van der Waals surface area contributed by atoms with Crippen LogP contribution >= 0.6 is 11.3 Å². The van der Waals surface area contributed by atoms with E-state index in [2.05, 4.69) is 34.6 Å². The molecule has 0 saturated heterocycles. The van der Waals surface area contributed by atoms with Crippen molar-refractivity contribution in [3.05, 3.63) is 22.3 Å². The highest BCUT2D eigenvalue weighted by Gasteiger charge is 2.10. The molecule has 0 radical (unpaired) electrons. The fourth-order valence-corrected chi connectivity index (χ4v) is 2.40. The lowest BCUT2D eigenvalue weighted by Gasteiger charge is -2.04. The van der Waals surface area contributed by atoms with Gasteiger partial charge in [0.25, 0.3) is 0 Å². The van der Waals surface area contributed by atoms with Gasteiger partial charge in [-0.05, 0) is 6.92 Å². The molecule has 17 heavy (non-hydrogen) atoms. The smallest absolute Gasteiger partial charge is 0.107 e. The molecule has 0 bridgehead atoms. The van der Waals surface area contributed by atoms with Gasteiger partial charge in [0.05, 0.1) is 11.4 Å². The number of nitrogens with zero attached hydrogens (tertiary/aromatic N) is 3. The Morgan fingerprint density at radius 1 is 1.47 bits per heavy atom. The van der Waals surface area contributed by atoms with Crippen molar-refractivity contribution in [2.24, 2.45) is 7.05 Å². The van der Waals surface area contributed by atoms with Gasteiger partial charge in [-0.1, -0.05) is 13.8 Å². The summed E-state index contributed by atoms with van der Waals surface area (Å²) in [4.78, 5) is 4.63.